The van der Waals surface area contributed by atoms with Crippen LogP contribution in [0.5, 0.6) is 5.75 Å². The lowest BCUT2D eigenvalue weighted by Gasteiger charge is -2.09. The van der Waals surface area contributed by atoms with Crippen molar-refractivity contribution in [2.45, 2.75) is 26.5 Å². The molecule has 0 aliphatic rings. The Morgan fingerprint density at radius 1 is 1.04 bits per heavy atom. The normalized spacial score (nSPS) is 10.7. The van der Waals surface area contributed by atoms with Crippen molar-refractivity contribution >= 4 is 16.9 Å². The standard InChI is InChI=1S/C20H21NO3/c1-2-23-20(22)12-14-21-13-11-17-18(21)9-6-10-19(17)24-15-16-7-4-3-5-8-16/h3-11,13H,2,12,14-15H2,1H3. The monoisotopic (exact) mass is 323 g/mol. The first-order valence-electron chi connectivity index (χ1n) is 8.18. The summed E-state index contributed by atoms with van der Waals surface area (Å²) in [6, 6.07) is 18.1. The molecular formula is C20H21NO3. The summed E-state index contributed by atoms with van der Waals surface area (Å²) in [6.07, 6.45) is 2.35. The van der Waals surface area contributed by atoms with Gasteiger partial charge in [-0.3, -0.25) is 4.79 Å². The molecule has 3 rings (SSSR count). The Balaban J connectivity index is 1.72. The summed E-state index contributed by atoms with van der Waals surface area (Å²) in [4.78, 5) is 11.5. The molecule has 124 valence electrons. The van der Waals surface area contributed by atoms with E-state index in [9.17, 15) is 4.79 Å². The summed E-state index contributed by atoms with van der Waals surface area (Å²) in [6.45, 7) is 3.38. The minimum atomic E-state index is -0.171. The molecule has 0 saturated carbocycles. The van der Waals surface area contributed by atoms with Crippen LogP contribution in [0.1, 0.15) is 18.9 Å². The molecule has 0 aliphatic heterocycles. The quantitative estimate of drug-likeness (QED) is 0.613. The van der Waals surface area contributed by atoms with Gasteiger partial charge in [-0.15, -0.1) is 0 Å². The average Bonchev–Trinajstić information content (AvgIpc) is 3.03. The highest BCUT2D eigenvalue weighted by molar-refractivity contribution is 5.86. The van der Waals surface area contributed by atoms with Crippen LogP contribution in [0.15, 0.2) is 60.8 Å². The Hall–Kier alpha value is -2.75. The zero-order valence-corrected chi connectivity index (χ0v) is 13.8. The molecular weight excluding hydrogens is 302 g/mol. The molecule has 0 unspecified atom stereocenters. The van der Waals surface area contributed by atoms with Crippen molar-refractivity contribution in [2.24, 2.45) is 0 Å². The van der Waals surface area contributed by atoms with Gasteiger partial charge in [-0.25, -0.2) is 0 Å². The highest BCUT2D eigenvalue weighted by Gasteiger charge is 2.09. The van der Waals surface area contributed by atoms with E-state index in [1.807, 2.05) is 67.7 Å². The first kappa shape index (κ1) is 16.1. The zero-order valence-electron chi connectivity index (χ0n) is 13.8. The maximum atomic E-state index is 11.5. The zero-order chi connectivity index (χ0) is 16.8. The van der Waals surface area contributed by atoms with Gasteiger partial charge in [0, 0.05) is 18.1 Å². The molecule has 0 N–H and O–H groups in total. The van der Waals surface area contributed by atoms with E-state index in [4.69, 9.17) is 9.47 Å². The van der Waals surface area contributed by atoms with Gasteiger partial charge in [0.15, 0.2) is 0 Å². The molecule has 0 radical (unpaired) electrons. The van der Waals surface area contributed by atoms with Crippen LogP contribution in [-0.4, -0.2) is 17.1 Å². The van der Waals surface area contributed by atoms with Crippen LogP contribution in [0.2, 0.25) is 0 Å². The van der Waals surface area contributed by atoms with E-state index in [1.165, 1.54) is 0 Å². The van der Waals surface area contributed by atoms with Crippen molar-refractivity contribution in [3.05, 3.63) is 66.4 Å². The van der Waals surface area contributed by atoms with Crippen molar-refractivity contribution in [2.75, 3.05) is 6.61 Å². The summed E-state index contributed by atoms with van der Waals surface area (Å²) in [5.41, 5.74) is 2.20. The number of hydrogen-bond acceptors (Lipinski definition) is 3. The van der Waals surface area contributed by atoms with Crippen LogP contribution in [0, 0.1) is 0 Å². The number of carbonyl (C=O) groups is 1. The van der Waals surface area contributed by atoms with Crippen LogP contribution < -0.4 is 4.74 Å². The lowest BCUT2D eigenvalue weighted by molar-refractivity contribution is -0.143. The fourth-order valence-electron chi connectivity index (χ4n) is 2.70. The van der Waals surface area contributed by atoms with Crippen LogP contribution in [0.3, 0.4) is 0 Å². The molecule has 1 aromatic heterocycles. The molecule has 1 heterocycles. The second-order valence-corrected chi connectivity index (χ2v) is 5.53. The number of rotatable bonds is 7. The van der Waals surface area contributed by atoms with Gasteiger partial charge in [0.2, 0.25) is 0 Å². The smallest absolute Gasteiger partial charge is 0.307 e. The lowest BCUT2D eigenvalue weighted by atomic mass is 10.2. The molecule has 0 amide bonds. The van der Waals surface area contributed by atoms with E-state index >= 15 is 0 Å². The highest BCUT2D eigenvalue weighted by atomic mass is 16.5. The number of fused-ring (bicyclic) bond motifs is 1. The molecule has 3 aromatic rings. The fourth-order valence-corrected chi connectivity index (χ4v) is 2.70. The molecule has 0 bridgehead atoms. The van der Waals surface area contributed by atoms with Crippen LogP contribution >= 0.6 is 0 Å². The molecule has 0 saturated heterocycles. The number of nitrogens with zero attached hydrogens (tertiary/aromatic N) is 1. The number of ether oxygens (including phenoxy) is 2. The Labute approximate surface area is 141 Å². The number of carbonyl (C=O) groups excluding carboxylic acids is 1. The van der Waals surface area contributed by atoms with Gasteiger partial charge >= 0.3 is 5.97 Å². The number of esters is 1. The van der Waals surface area contributed by atoms with Crippen molar-refractivity contribution in [1.29, 1.82) is 0 Å². The molecule has 0 fully saturated rings. The van der Waals surface area contributed by atoms with Crippen molar-refractivity contribution in [3.63, 3.8) is 0 Å². The van der Waals surface area contributed by atoms with E-state index in [1.54, 1.807) is 0 Å². The SMILES string of the molecule is CCOC(=O)CCn1ccc2c(OCc3ccccc3)cccc21. The van der Waals surface area contributed by atoms with Crippen molar-refractivity contribution in [3.8, 4) is 5.75 Å². The van der Waals surface area contributed by atoms with Crippen LogP contribution in [0.25, 0.3) is 10.9 Å². The molecule has 0 atom stereocenters. The van der Waals surface area contributed by atoms with E-state index in [2.05, 4.69) is 4.57 Å². The molecule has 0 aliphatic carbocycles. The number of aryl methyl sites for hydroxylation is 1. The third-order valence-electron chi connectivity index (χ3n) is 3.87. The van der Waals surface area contributed by atoms with Crippen LogP contribution in [-0.2, 0) is 22.7 Å². The molecule has 0 spiro atoms. The Bertz CT molecular complexity index is 808. The van der Waals surface area contributed by atoms with Gasteiger partial charge in [0.1, 0.15) is 12.4 Å². The lowest BCUT2D eigenvalue weighted by Crippen LogP contribution is -2.08. The largest absolute Gasteiger partial charge is 0.488 e. The van der Waals surface area contributed by atoms with Gasteiger partial charge in [-0.1, -0.05) is 36.4 Å². The molecule has 24 heavy (non-hydrogen) atoms. The Morgan fingerprint density at radius 3 is 2.67 bits per heavy atom. The summed E-state index contributed by atoms with van der Waals surface area (Å²) >= 11 is 0. The Kier molecular flexibility index (Phi) is 5.16. The predicted molar refractivity (Wildman–Crippen MR) is 94.0 cm³/mol. The second-order valence-electron chi connectivity index (χ2n) is 5.53. The Morgan fingerprint density at radius 2 is 1.88 bits per heavy atom. The molecule has 2 aromatic carbocycles. The van der Waals surface area contributed by atoms with Gasteiger partial charge in [-0.05, 0) is 30.7 Å². The van der Waals surface area contributed by atoms with Crippen molar-refractivity contribution in [1.82, 2.24) is 4.57 Å². The predicted octanol–water partition coefficient (Wildman–Crippen LogP) is 4.17. The maximum Gasteiger partial charge on any atom is 0.307 e. The van der Waals surface area contributed by atoms with E-state index in [0.717, 1.165) is 22.2 Å². The summed E-state index contributed by atoms with van der Waals surface area (Å²) < 4.78 is 13.0. The minimum absolute atomic E-state index is 0.171. The summed E-state index contributed by atoms with van der Waals surface area (Å²) in [7, 11) is 0. The maximum absolute atomic E-state index is 11.5. The van der Waals surface area contributed by atoms with Gasteiger partial charge < -0.3 is 14.0 Å². The first-order chi connectivity index (χ1) is 11.8. The highest BCUT2D eigenvalue weighted by Crippen LogP contribution is 2.27. The van der Waals surface area contributed by atoms with Crippen molar-refractivity contribution < 1.29 is 14.3 Å². The molecule has 4 heteroatoms. The fraction of sp³-hybridized carbons (Fsp3) is 0.250. The van der Waals surface area contributed by atoms with E-state index in [-0.39, 0.29) is 5.97 Å². The second kappa shape index (κ2) is 7.68. The molecule has 4 nitrogen and oxygen atoms in total. The number of aromatic nitrogens is 1. The third-order valence-corrected chi connectivity index (χ3v) is 3.87. The first-order valence-corrected chi connectivity index (χ1v) is 8.18. The topological polar surface area (TPSA) is 40.5 Å². The van der Waals surface area contributed by atoms with Gasteiger partial charge in [0.25, 0.3) is 0 Å². The average molecular weight is 323 g/mol. The van der Waals surface area contributed by atoms with Gasteiger partial charge in [-0.2, -0.15) is 0 Å². The summed E-state index contributed by atoms with van der Waals surface area (Å²) in [5.74, 6) is 0.682. The van der Waals surface area contributed by atoms with Crippen LogP contribution in [0.4, 0.5) is 0 Å². The van der Waals surface area contributed by atoms with E-state index < -0.39 is 0 Å². The third kappa shape index (κ3) is 3.77. The van der Waals surface area contributed by atoms with Gasteiger partial charge in [0.05, 0.1) is 18.5 Å². The summed E-state index contributed by atoms with van der Waals surface area (Å²) in [5, 5.41) is 1.05. The minimum Gasteiger partial charge on any atom is -0.488 e. The number of hydrogen-bond donors (Lipinski definition) is 0. The van der Waals surface area contributed by atoms with E-state index in [0.29, 0.717) is 26.2 Å². The number of benzene rings is 2.